The highest BCUT2D eigenvalue weighted by Gasteiger charge is 2.11. The lowest BCUT2D eigenvalue weighted by Crippen LogP contribution is -2.24. The third-order valence-corrected chi connectivity index (χ3v) is 3.32. The summed E-state index contributed by atoms with van der Waals surface area (Å²) in [5, 5.41) is 1.02. The maximum Gasteiger partial charge on any atom is 0.280 e. The van der Waals surface area contributed by atoms with E-state index < -0.39 is 5.91 Å². The number of amides is 1. The molecular formula is C17H15N3O2. The highest BCUT2D eigenvalue weighted by Crippen LogP contribution is 2.31. The zero-order chi connectivity index (χ0) is 15.7. The van der Waals surface area contributed by atoms with Crippen LogP contribution in [0.25, 0.3) is 22.1 Å². The molecule has 3 rings (SSSR count). The Hall–Kier alpha value is -3.08. The maximum absolute atomic E-state index is 11.9. The number of aliphatic imine (C=N–C) groups is 1. The number of aryl methyl sites for hydroxylation is 1. The van der Waals surface area contributed by atoms with Gasteiger partial charge in [-0.1, -0.05) is 30.3 Å². The SMILES string of the molecule is Cc1cc2cccc(-c3cccc(C(=O)N=C(N)N)c3)c2o1. The molecule has 1 heterocycles. The molecule has 0 saturated heterocycles. The molecule has 4 N–H and O–H groups in total. The average molecular weight is 293 g/mol. The monoisotopic (exact) mass is 293 g/mol. The lowest BCUT2D eigenvalue weighted by Gasteiger charge is -2.04. The standard InChI is InChI=1S/C17H15N3O2/c1-10-8-12-5-3-7-14(15(12)22-10)11-4-2-6-13(9-11)16(21)20-17(18)19/h2-9H,1H3,(H4,18,19,20,21). The normalized spacial score (nSPS) is 10.6. The van der Waals surface area contributed by atoms with Crippen LogP contribution in [0.5, 0.6) is 0 Å². The van der Waals surface area contributed by atoms with Gasteiger partial charge in [0, 0.05) is 16.5 Å². The van der Waals surface area contributed by atoms with E-state index in [2.05, 4.69) is 4.99 Å². The summed E-state index contributed by atoms with van der Waals surface area (Å²) in [5.41, 5.74) is 13.5. The molecule has 110 valence electrons. The van der Waals surface area contributed by atoms with Crippen molar-refractivity contribution in [1.82, 2.24) is 0 Å². The van der Waals surface area contributed by atoms with Crippen molar-refractivity contribution in [2.45, 2.75) is 6.92 Å². The fourth-order valence-electron chi connectivity index (χ4n) is 2.42. The van der Waals surface area contributed by atoms with Crippen LogP contribution in [0.3, 0.4) is 0 Å². The first-order chi connectivity index (χ1) is 10.5. The molecule has 5 heteroatoms. The number of furan rings is 1. The van der Waals surface area contributed by atoms with Gasteiger partial charge in [-0.3, -0.25) is 4.79 Å². The number of rotatable bonds is 2. The number of guanidine groups is 1. The van der Waals surface area contributed by atoms with Crippen molar-refractivity contribution in [3.8, 4) is 11.1 Å². The lowest BCUT2D eigenvalue weighted by atomic mass is 10.0. The van der Waals surface area contributed by atoms with Crippen molar-refractivity contribution in [2.24, 2.45) is 16.5 Å². The number of carbonyl (C=O) groups is 1. The Labute approximate surface area is 127 Å². The van der Waals surface area contributed by atoms with Crippen LogP contribution in [-0.2, 0) is 0 Å². The summed E-state index contributed by atoms with van der Waals surface area (Å²) in [7, 11) is 0. The van der Waals surface area contributed by atoms with Crippen LogP contribution in [-0.4, -0.2) is 11.9 Å². The van der Waals surface area contributed by atoms with Crippen molar-refractivity contribution in [3.05, 3.63) is 59.9 Å². The van der Waals surface area contributed by atoms with E-state index in [0.717, 1.165) is 27.9 Å². The van der Waals surface area contributed by atoms with Gasteiger partial charge < -0.3 is 15.9 Å². The zero-order valence-corrected chi connectivity index (χ0v) is 12.0. The fraction of sp³-hybridized carbons (Fsp3) is 0.0588. The molecule has 2 aromatic carbocycles. The van der Waals surface area contributed by atoms with E-state index in [9.17, 15) is 4.79 Å². The van der Waals surface area contributed by atoms with E-state index in [1.165, 1.54) is 0 Å². The summed E-state index contributed by atoms with van der Waals surface area (Å²) < 4.78 is 5.77. The first-order valence-corrected chi connectivity index (χ1v) is 6.78. The molecule has 0 bridgehead atoms. The average Bonchev–Trinajstić information content (AvgIpc) is 2.86. The second kappa shape index (κ2) is 5.37. The molecule has 22 heavy (non-hydrogen) atoms. The van der Waals surface area contributed by atoms with Crippen molar-refractivity contribution in [1.29, 1.82) is 0 Å². The van der Waals surface area contributed by atoms with E-state index in [1.54, 1.807) is 18.2 Å². The quantitative estimate of drug-likeness (QED) is 0.561. The van der Waals surface area contributed by atoms with Crippen LogP contribution < -0.4 is 11.5 Å². The number of hydrogen-bond acceptors (Lipinski definition) is 2. The van der Waals surface area contributed by atoms with Crippen LogP contribution in [0.1, 0.15) is 16.1 Å². The topological polar surface area (TPSA) is 94.6 Å². The Kier molecular flexibility index (Phi) is 3.39. The summed E-state index contributed by atoms with van der Waals surface area (Å²) in [6.45, 7) is 1.91. The summed E-state index contributed by atoms with van der Waals surface area (Å²) in [5.74, 6) is 0.124. The molecule has 0 saturated carbocycles. The fourth-order valence-corrected chi connectivity index (χ4v) is 2.42. The lowest BCUT2D eigenvalue weighted by molar-refractivity contribution is 0.100. The Morgan fingerprint density at radius 2 is 1.86 bits per heavy atom. The highest BCUT2D eigenvalue weighted by atomic mass is 16.3. The molecule has 0 spiro atoms. The number of fused-ring (bicyclic) bond motifs is 1. The molecule has 0 aliphatic carbocycles. The van der Waals surface area contributed by atoms with Gasteiger partial charge in [-0.05, 0) is 30.7 Å². The van der Waals surface area contributed by atoms with E-state index in [1.807, 2.05) is 37.3 Å². The molecule has 0 aliphatic rings. The summed E-state index contributed by atoms with van der Waals surface area (Å²) >= 11 is 0. The first kappa shape index (κ1) is 13.9. The molecule has 0 radical (unpaired) electrons. The molecule has 1 amide bonds. The number of hydrogen-bond donors (Lipinski definition) is 2. The Balaban J connectivity index is 2.12. The minimum Gasteiger partial charge on any atom is -0.461 e. The van der Waals surface area contributed by atoms with Gasteiger partial charge in [-0.25, -0.2) is 0 Å². The number of benzene rings is 2. The van der Waals surface area contributed by atoms with Gasteiger partial charge >= 0.3 is 0 Å². The van der Waals surface area contributed by atoms with Crippen LogP contribution in [0.15, 0.2) is 57.9 Å². The molecule has 0 fully saturated rings. The molecule has 0 atom stereocenters. The van der Waals surface area contributed by atoms with Gasteiger partial charge in [-0.15, -0.1) is 0 Å². The van der Waals surface area contributed by atoms with Gasteiger partial charge in [0.2, 0.25) is 0 Å². The Morgan fingerprint density at radius 3 is 2.64 bits per heavy atom. The second-order valence-electron chi connectivity index (χ2n) is 5.00. The highest BCUT2D eigenvalue weighted by molar-refractivity contribution is 6.03. The molecule has 3 aromatic rings. The van der Waals surface area contributed by atoms with Gasteiger partial charge in [0.05, 0.1) is 0 Å². The number of carbonyl (C=O) groups excluding carboxylic acids is 1. The van der Waals surface area contributed by atoms with Gasteiger partial charge in [0.1, 0.15) is 11.3 Å². The first-order valence-electron chi connectivity index (χ1n) is 6.78. The molecule has 0 unspecified atom stereocenters. The molecule has 5 nitrogen and oxygen atoms in total. The number of nitrogens with zero attached hydrogens (tertiary/aromatic N) is 1. The van der Waals surface area contributed by atoms with Gasteiger partial charge in [-0.2, -0.15) is 4.99 Å². The minimum absolute atomic E-state index is 0.251. The largest absolute Gasteiger partial charge is 0.461 e. The van der Waals surface area contributed by atoms with E-state index >= 15 is 0 Å². The Bertz CT molecular complexity index is 890. The minimum atomic E-state index is -0.468. The summed E-state index contributed by atoms with van der Waals surface area (Å²) in [6.07, 6.45) is 0. The van der Waals surface area contributed by atoms with E-state index in [0.29, 0.717) is 5.56 Å². The van der Waals surface area contributed by atoms with Crippen molar-refractivity contribution < 1.29 is 9.21 Å². The number of nitrogens with two attached hydrogens (primary N) is 2. The Morgan fingerprint density at radius 1 is 1.09 bits per heavy atom. The molecular weight excluding hydrogens is 278 g/mol. The van der Waals surface area contributed by atoms with Gasteiger partial charge in [0.15, 0.2) is 5.96 Å². The zero-order valence-electron chi connectivity index (χ0n) is 12.0. The summed E-state index contributed by atoms with van der Waals surface area (Å²) in [4.78, 5) is 15.5. The van der Waals surface area contributed by atoms with Crippen LogP contribution in [0.2, 0.25) is 0 Å². The van der Waals surface area contributed by atoms with Crippen molar-refractivity contribution in [2.75, 3.05) is 0 Å². The predicted molar refractivity (Wildman–Crippen MR) is 86.5 cm³/mol. The van der Waals surface area contributed by atoms with Crippen LogP contribution in [0.4, 0.5) is 0 Å². The van der Waals surface area contributed by atoms with Crippen LogP contribution in [0, 0.1) is 6.92 Å². The second-order valence-corrected chi connectivity index (χ2v) is 5.00. The van der Waals surface area contributed by atoms with E-state index in [4.69, 9.17) is 15.9 Å². The summed E-state index contributed by atoms with van der Waals surface area (Å²) in [6, 6.07) is 15.0. The predicted octanol–water partition coefficient (Wildman–Crippen LogP) is 2.82. The van der Waals surface area contributed by atoms with E-state index in [-0.39, 0.29) is 5.96 Å². The third kappa shape index (κ3) is 2.56. The van der Waals surface area contributed by atoms with Crippen LogP contribution >= 0.6 is 0 Å². The molecule has 0 aliphatic heterocycles. The van der Waals surface area contributed by atoms with Gasteiger partial charge in [0.25, 0.3) is 5.91 Å². The van der Waals surface area contributed by atoms with Crippen molar-refractivity contribution in [3.63, 3.8) is 0 Å². The maximum atomic E-state index is 11.9. The van der Waals surface area contributed by atoms with Crippen molar-refractivity contribution >= 4 is 22.8 Å². The third-order valence-electron chi connectivity index (χ3n) is 3.32. The smallest absolute Gasteiger partial charge is 0.280 e. The molecule has 1 aromatic heterocycles. The number of para-hydroxylation sites is 1.